The van der Waals surface area contributed by atoms with Crippen LogP contribution in [-0.2, 0) is 11.3 Å². The van der Waals surface area contributed by atoms with Crippen LogP contribution in [0.25, 0.3) is 0 Å². The van der Waals surface area contributed by atoms with Crippen LogP contribution in [0.4, 0.5) is 0 Å². The summed E-state index contributed by atoms with van der Waals surface area (Å²) in [5, 5.41) is 13.0. The van der Waals surface area contributed by atoms with E-state index in [2.05, 4.69) is 10.3 Å². The molecule has 24 heavy (non-hydrogen) atoms. The van der Waals surface area contributed by atoms with Crippen LogP contribution in [0, 0.1) is 0 Å². The van der Waals surface area contributed by atoms with Gasteiger partial charge in [0.1, 0.15) is 0 Å². The van der Waals surface area contributed by atoms with Crippen molar-refractivity contribution in [1.82, 2.24) is 10.3 Å². The van der Waals surface area contributed by atoms with Crippen LogP contribution in [0.5, 0.6) is 5.75 Å². The molecule has 2 N–H and O–H groups in total. The van der Waals surface area contributed by atoms with Crippen LogP contribution >= 0.6 is 35.0 Å². The smallest absolute Gasteiger partial charge is 0.221 e. The molecule has 0 radical (unpaired) electrons. The SMILES string of the molecule is CCC(CC(=O)NCc1ccncc1)Sc1cc(Cl)c(O)c(Cl)c1. The van der Waals surface area contributed by atoms with Gasteiger partial charge >= 0.3 is 0 Å². The van der Waals surface area contributed by atoms with E-state index in [9.17, 15) is 9.90 Å². The monoisotopic (exact) mass is 384 g/mol. The normalized spacial score (nSPS) is 12.0. The first-order valence-electron chi connectivity index (χ1n) is 7.49. The number of phenols is 1. The Morgan fingerprint density at radius 3 is 2.50 bits per heavy atom. The van der Waals surface area contributed by atoms with Crippen molar-refractivity contribution in [2.45, 2.75) is 36.5 Å². The van der Waals surface area contributed by atoms with Gasteiger partial charge in [0.2, 0.25) is 5.91 Å². The maximum atomic E-state index is 12.1. The molecule has 1 unspecified atom stereocenters. The van der Waals surface area contributed by atoms with E-state index in [1.165, 1.54) is 11.8 Å². The van der Waals surface area contributed by atoms with Gasteiger partial charge < -0.3 is 10.4 Å². The van der Waals surface area contributed by atoms with Gasteiger partial charge in [-0.05, 0) is 36.2 Å². The molecule has 1 amide bonds. The van der Waals surface area contributed by atoms with Crippen LogP contribution in [0.15, 0.2) is 41.6 Å². The largest absolute Gasteiger partial charge is 0.505 e. The number of carbonyl (C=O) groups is 1. The van der Waals surface area contributed by atoms with E-state index < -0.39 is 0 Å². The number of nitrogens with zero attached hydrogens (tertiary/aromatic N) is 1. The molecule has 0 saturated carbocycles. The summed E-state index contributed by atoms with van der Waals surface area (Å²) >= 11 is 13.4. The summed E-state index contributed by atoms with van der Waals surface area (Å²) in [6.45, 7) is 2.51. The van der Waals surface area contributed by atoms with E-state index in [1.54, 1.807) is 24.5 Å². The van der Waals surface area contributed by atoms with Gasteiger partial charge in [0.05, 0.1) is 10.0 Å². The highest BCUT2D eigenvalue weighted by Crippen LogP contribution is 2.38. The summed E-state index contributed by atoms with van der Waals surface area (Å²) in [5.41, 5.74) is 1.01. The highest BCUT2D eigenvalue weighted by Gasteiger charge is 2.15. The van der Waals surface area contributed by atoms with Gasteiger partial charge in [0.15, 0.2) is 5.75 Å². The van der Waals surface area contributed by atoms with Gasteiger partial charge in [-0.15, -0.1) is 11.8 Å². The Labute approximate surface area is 155 Å². The second kappa shape index (κ2) is 9.16. The van der Waals surface area contributed by atoms with E-state index in [0.29, 0.717) is 13.0 Å². The van der Waals surface area contributed by atoms with Gasteiger partial charge in [-0.3, -0.25) is 9.78 Å². The zero-order valence-corrected chi connectivity index (χ0v) is 15.5. The Morgan fingerprint density at radius 2 is 1.92 bits per heavy atom. The number of hydrogen-bond donors (Lipinski definition) is 2. The molecule has 1 aromatic heterocycles. The third-order valence-electron chi connectivity index (χ3n) is 3.40. The number of hydrogen-bond acceptors (Lipinski definition) is 4. The number of nitrogens with one attached hydrogen (secondary N) is 1. The summed E-state index contributed by atoms with van der Waals surface area (Å²) < 4.78 is 0. The van der Waals surface area contributed by atoms with Crippen LogP contribution in [0.3, 0.4) is 0 Å². The molecule has 1 heterocycles. The number of rotatable bonds is 7. The number of pyridine rings is 1. The van der Waals surface area contributed by atoms with Crippen molar-refractivity contribution in [3.05, 3.63) is 52.3 Å². The molecule has 1 aromatic carbocycles. The van der Waals surface area contributed by atoms with Crippen LogP contribution in [-0.4, -0.2) is 21.2 Å². The van der Waals surface area contributed by atoms with Crippen LogP contribution in [0.2, 0.25) is 10.0 Å². The highest BCUT2D eigenvalue weighted by molar-refractivity contribution is 8.00. The van der Waals surface area contributed by atoms with Crippen molar-refractivity contribution in [2.75, 3.05) is 0 Å². The first kappa shape index (κ1) is 18.9. The summed E-state index contributed by atoms with van der Waals surface area (Å²) in [5.74, 6) is -0.132. The summed E-state index contributed by atoms with van der Waals surface area (Å²) in [6, 6.07) is 7.05. The molecule has 0 aliphatic rings. The minimum absolute atomic E-state index is 0.0119. The molecule has 0 saturated heterocycles. The number of phenolic OH excluding ortho intramolecular Hbond substituents is 1. The van der Waals surface area contributed by atoms with Gasteiger partial charge in [-0.25, -0.2) is 0 Å². The van der Waals surface area contributed by atoms with Crippen molar-refractivity contribution in [1.29, 1.82) is 0 Å². The number of thioether (sulfide) groups is 1. The first-order valence-corrected chi connectivity index (χ1v) is 9.13. The van der Waals surface area contributed by atoms with E-state index in [4.69, 9.17) is 23.2 Å². The third-order valence-corrected chi connectivity index (χ3v) is 5.32. The molecule has 7 heteroatoms. The fourth-order valence-electron chi connectivity index (χ4n) is 2.05. The molecule has 1 atom stereocenters. The fourth-order valence-corrected chi connectivity index (χ4v) is 3.83. The second-order valence-corrected chi connectivity index (χ2v) is 7.41. The maximum Gasteiger partial charge on any atom is 0.221 e. The predicted octanol–water partition coefficient (Wildman–Crippen LogP) is 4.67. The number of benzene rings is 1. The number of aromatic hydroxyl groups is 1. The minimum Gasteiger partial charge on any atom is -0.505 e. The van der Waals surface area contributed by atoms with Crippen molar-refractivity contribution in [2.24, 2.45) is 0 Å². The van der Waals surface area contributed by atoms with Crippen molar-refractivity contribution >= 4 is 40.9 Å². The topological polar surface area (TPSA) is 62.2 Å². The zero-order chi connectivity index (χ0) is 17.5. The van der Waals surface area contributed by atoms with E-state index in [1.807, 2.05) is 19.1 Å². The molecule has 2 rings (SSSR count). The molecular formula is C17H18Cl2N2O2S. The molecule has 0 spiro atoms. The molecule has 0 aliphatic heterocycles. The lowest BCUT2D eigenvalue weighted by molar-refractivity contribution is -0.121. The quantitative estimate of drug-likeness (QED) is 0.680. The fraction of sp³-hybridized carbons (Fsp3) is 0.294. The predicted molar refractivity (Wildman–Crippen MR) is 98.8 cm³/mol. The van der Waals surface area contributed by atoms with Crippen LogP contribution in [0.1, 0.15) is 25.3 Å². The Bertz CT molecular complexity index is 675. The number of carbonyl (C=O) groups excluding carboxylic acids is 1. The molecule has 0 bridgehead atoms. The Hall–Kier alpha value is -1.43. The molecular weight excluding hydrogens is 367 g/mol. The molecule has 0 aliphatic carbocycles. The number of aromatic nitrogens is 1. The van der Waals surface area contributed by atoms with Crippen molar-refractivity contribution < 1.29 is 9.90 Å². The lowest BCUT2D eigenvalue weighted by atomic mass is 10.2. The summed E-state index contributed by atoms with van der Waals surface area (Å²) in [6.07, 6.45) is 4.61. The second-order valence-electron chi connectivity index (χ2n) is 5.22. The van der Waals surface area contributed by atoms with Crippen molar-refractivity contribution in [3.8, 4) is 5.75 Å². The lowest BCUT2D eigenvalue weighted by Crippen LogP contribution is -2.25. The Kier molecular flexibility index (Phi) is 7.21. The van der Waals surface area contributed by atoms with Gasteiger partial charge in [0, 0.05) is 35.5 Å². The van der Waals surface area contributed by atoms with E-state index in [-0.39, 0.29) is 27.0 Å². The molecule has 0 fully saturated rings. The van der Waals surface area contributed by atoms with Crippen molar-refractivity contribution in [3.63, 3.8) is 0 Å². The Balaban J connectivity index is 1.90. The maximum absolute atomic E-state index is 12.1. The first-order chi connectivity index (χ1) is 11.5. The lowest BCUT2D eigenvalue weighted by Gasteiger charge is -2.15. The average molecular weight is 385 g/mol. The minimum atomic E-state index is -0.120. The average Bonchev–Trinajstić information content (AvgIpc) is 2.58. The van der Waals surface area contributed by atoms with Gasteiger partial charge in [-0.1, -0.05) is 30.1 Å². The van der Waals surface area contributed by atoms with Crippen LogP contribution < -0.4 is 5.32 Å². The summed E-state index contributed by atoms with van der Waals surface area (Å²) in [7, 11) is 0. The molecule has 4 nitrogen and oxygen atoms in total. The molecule has 2 aromatic rings. The zero-order valence-electron chi connectivity index (χ0n) is 13.1. The number of halogens is 2. The Morgan fingerprint density at radius 1 is 1.29 bits per heavy atom. The molecule has 128 valence electrons. The van der Waals surface area contributed by atoms with E-state index in [0.717, 1.165) is 16.9 Å². The standard InChI is InChI=1S/C17H18Cl2N2O2S/c1-2-12(24-13-7-14(18)17(23)15(19)8-13)9-16(22)21-10-11-3-5-20-6-4-11/h3-8,12,23H,2,9-10H2,1H3,(H,21,22). The number of amides is 1. The van der Waals surface area contributed by atoms with Gasteiger partial charge in [-0.2, -0.15) is 0 Å². The van der Waals surface area contributed by atoms with E-state index >= 15 is 0 Å². The summed E-state index contributed by atoms with van der Waals surface area (Å²) in [4.78, 5) is 16.9. The highest BCUT2D eigenvalue weighted by atomic mass is 35.5. The van der Waals surface area contributed by atoms with Gasteiger partial charge in [0.25, 0.3) is 0 Å². The third kappa shape index (κ3) is 5.58.